The van der Waals surface area contributed by atoms with Crippen LogP contribution in [-0.2, 0) is 11.2 Å². The molecular weight excluding hydrogens is 340 g/mol. The molecule has 2 aromatic rings. The van der Waals surface area contributed by atoms with Crippen molar-refractivity contribution >= 4 is 29.2 Å². The highest BCUT2D eigenvalue weighted by Crippen LogP contribution is 2.34. The molecule has 0 unspecified atom stereocenters. The second kappa shape index (κ2) is 6.75. The van der Waals surface area contributed by atoms with Crippen molar-refractivity contribution < 1.29 is 29.0 Å². The molecule has 0 fully saturated rings. The Morgan fingerprint density at radius 3 is 2.46 bits per heavy atom. The number of carboxylic acids is 1. The van der Waals surface area contributed by atoms with Crippen molar-refractivity contribution in [1.82, 2.24) is 0 Å². The summed E-state index contributed by atoms with van der Waals surface area (Å²) >= 11 is 0. The summed E-state index contributed by atoms with van der Waals surface area (Å²) in [5.74, 6) is -1.32. The quantitative estimate of drug-likeness (QED) is 0.756. The van der Waals surface area contributed by atoms with Gasteiger partial charge in [0, 0.05) is 23.4 Å². The van der Waals surface area contributed by atoms with Crippen LogP contribution >= 0.6 is 0 Å². The monoisotopic (exact) mass is 356 g/mol. The van der Waals surface area contributed by atoms with Gasteiger partial charge in [-0.3, -0.25) is 9.59 Å². The minimum atomic E-state index is -1.22. The van der Waals surface area contributed by atoms with Gasteiger partial charge in [0.15, 0.2) is 11.5 Å². The van der Waals surface area contributed by atoms with Gasteiger partial charge >= 0.3 is 5.97 Å². The molecule has 1 aliphatic heterocycles. The fraction of sp³-hybridized carbons (Fsp3) is 0.167. The molecule has 2 aromatic carbocycles. The summed E-state index contributed by atoms with van der Waals surface area (Å²) in [6.45, 7) is 0. The third-order valence-corrected chi connectivity index (χ3v) is 3.99. The molecule has 0 saturated heterocycles. The number of nitrogens with one attached hydrogen (secondary N) is 2. The van der Waals surface area contributed by atoms with Crippen molar-refractivity contribution in [3.05, 3.63) is 47.0 Å². The number of methoxy groups -OCH3 is 2. The van der Waals surface area contributed by atoms with Crippen LogP contribution in [0, 0.1) is 0 Å². The number of aromatic carboxylic acids is 1. The Kier molecular flexibility index (Phi) is 4.49. The number of amides is 2. The lowest BCUT2D eigenvalue weighted by Gasteiger charge is -2.14. The molecule has 0 aromatic heterocycles. The molecule has 2 amide bonds. The fourth-order valence-electron chi connectivity index (χ4n) is 2.72. The van der Waals surface area contributed by atoms with E-state index in [-0.39, 0.29) is 35.1 Å². The zero-order chi connectivity index (χ0) is 18.8. The van der Waals surface area contributed by atoms with Crippen molar-refractivity contribution in [2.75, 3.05) is 24.9 Å². The van der Waals surface area contributed by atoms with Crippen LogP contribution in [-0.4, -0.2) is 37.1 Å². The van der Waals surface area contributed by atoms with Crippen LogP contribution in [0.5, 0.6) is 11.5 Å². The van der Waals surface area contributed by atoms with Crippen LogP contribution in [0.1, 0.15) is 26.3 Å². The van der Waals surface area contributed by atoms with E-state index < -0.39 is 11.9 Å². The lowest BCUT2D eigenvalue weighted by Crippen LogP contribution is -2.15. The summed E-state index contributed by atoms with van der Waals surface area (Å²) in [4.78, 5) is 35.5. The molecule has 0 bridgehead atoms. The molecule has 1 aliphatic rings. The summed E-state index contributed by atoms with van der Waals surface area (Å²) < 4.78 is 10.2. The maximum absolute atomic E-state index is 12.5. The molecule has 1 heterocycles. The highest BCUT2D eigenvalue weighted by molar-refractivity contribution is 6.09. The number of fused-ring (bicyclic) bond motifs is 1. The van der Waals surface area contributed by atoms with Gasteiger partial charge in [-0.05, 0) is 23.8 Å². The number of rotatable bonds is 5. The number of ether oxygens (including phenoxy) is 2. The minimum absolute atomic E-state index is 0.0786. The highest BCUT2D eigenvalue weighted by atomic mass is 16.5. The first kappa shape index (κ1) is 17.3. The molecule has 3 rings (SSSR count). The van der Waals surface area contributed by atoms with E-state index >= 15 is 0 Å². The number of carbonyl (C=O) groups is 3. The van der Waals surface area contributed by atoms with E-state index in [1.807, 2.05) is 0 Å². The van der Waals surface area contributed by atoms with E-state index in [4.69, 9.17) is 9.47 Å². The zero-order valence-corrected chi connectivity index (χ0v) is 14.1. The third-order valence-electron chi connectivity index (χ3n) is 3.99. The van der Waals surface area contributed by atoms with Gasteiger partial charge in [-0.2, -0.15) is 0 Å². The van der Waals surface area contributed by atoms with Crippen molar-refractivity contribution in [1.29, 1.82) is 0 Å². The predicted molar refractivity (Wildman–Crippen MR) is 93.2 cm³/mol. The van der Waals surface area contributed by atoms with Crippen LogP contribution in [0.25, 0.3) is 0 Å². The number of carboxylic acid groups (broad SMARTS) is 1. The van der Waals surface area contributed by atoms with Gasteiger partial charge in [-0.15, -0.1) is 0 Å². The van der Waals surface area contributed by atoms with Gasteiger partial charge in [0.1, 0.15) is 0 Å². The first-order valence-corrected chi connectivity index (χ1v) is 7.66. The second-order valence-electron chi connectivity index (χ2n) is 5.61. The van der Waals surface area contributed by atoms with Gasteiger partial charge in [-0.25, -0.2) is 4.79 Å². The summed E-state index contributed by atoms with van der Waals surface area (Å²) in [5.41, 5.74) is 1.65. The van der Waals surface area contributed by atoms with Crippen molar-refractivity contribution in [2.24, 2.45) is 0 Å². The van der Waals surface area contributed by atoms with Gasteiger partial charge in [0.2, 0.25) is 5.91 Å². The number of hydrogen-bond acceptors (Lipinski definition) is 5. The van der Waals surface area contributed by atoms with Gasteiger partial charge in [0.25, 0.3) is 5.91 Å². The minimum Gasteiger partial charge on any atom is -0.493 e. The molecular formula is C18H16N2O6. The Labute approximate surface area is 148 Å². The normalized spacial score (nSPS) is 12.2. The van der Waals surface area contributed by atoms with E-state index in [0.717, 1.165) is 0 Å². The van der Waals surface area contributed by atoms with Crippen molar-refractivity contribution in [3.8, 4) is 11.5 Å². The fourth-order valence-corrected chi connectivity index (χ4v) is 2.72. The van der Waals surface area contributed by atoms with Crippen LogP contribution in [0.4, 0.5) is 11.4 Å². The molecule has 0 spiro atoms. The topological polar surface area (TPSA) is 114 Å². The van der Waals surface area contributed by atoms with E-state index in [0.29, 0.717) is 16.8 Å². The van der Waals surface area contributed by atoms with Crippen LogP contribution in [0.15, 0.2) is 30.3 Å². The maximum atomic E-state index is 12.5. The SMILES string of the molecule is COc1cc(NC(=O)c2ccc3c(c2)CC(=O)N3)c(C(=O)O)cc1OC. The smallest absolute Gasteiger partial charge is 0.337 e. The Morgan fingerprint density at radius 1 is 1.12 bits per heavy atom. The van der Waals surface area contributed by atoms with Crippen LogP contribution in [0.3, 0.4) is 0 Å². The standard InChI is InChI=1S/C18H16N2O6/c1-25-14-7-11(18(23)24)13(8-15(14)26-2)20-17(22)9-3-4-12-10(5-9)6-16(21)19-12/h3-5,7-8H,6H2,1-2H3,(H,19,21)(H,20,22)(H,23,24). The lowest BCUT2D eigenvalue weighted by atomic mass is 10.1. The average Bonchev–Trinajstić information content (AvgIpc) is 2.99. The molecule has 26 heavy (non-hydrogen) atoms. The van der Waals surface area contributed by atoms with E-state index in [1.165, 1.54) is 26.4 Å². The number of hydrogen-bond donors (Lipinski definition) is 3. The van der Waals surface area contributed by atoms with Gasteiger partial charge < -0.3 is 25.2 Å². The van der Waals surface area contributed by atoms with Crippen molar-refractivity contribution in [3.63, 3.8) is 0 Å². The zero-order valence-electron chi connectivity index (χ0n) is 14.1. The van der Waals surface area contributed by atoms with Crippen LogP contribution < -0.4 is 20.1 Å². The first-order chi connectivity index (χ1) is 12.4. The van der Waals surface area contributed by atoms with Crippen LogP contribution in [0.2, 0.25) is 0 Å². The number of carbonyl (C=O) groups excluding carboxylic acids is 2. The van der Waals surface area contributed by atoms with E-state index in [1.54, 1.807) is 18.2 Å². The first-order valence-electron chi connectivity index (χ1n) is 7.66. The largest absolute Gasteiger partial charge is 0.493 e. The summed E-state index contributed by atoms with van der Waals surface area (Å²) in [6.07, 6.45) is 0.202. The summed E-state index contributed by atoms with van der Waals surface area (Å²) in [5, 5.41) is 14.7. The Balaban J connectivity index is 1.93. The molecule has 8 heteroatoms. The molecule has 0 radical (unpaired) electrons. The second-order valence-corrected chi connectivity index (χ2v) is 5.61. The number of anilines is 2. The predicted octanol–water partition coefficient (Wildman–Crippen LogP) is 2.15. The van der Waals surface area contributed by atoms with Gasteiger partial charge in [-0.1, -0.05) is 0 Å². The summed E-state index contributed by atoms with van der Waals surface area (Å²) in [6, 6.07) is 7.47. The van der Waals surface area contributed by atoms with Crippen molar-refractivity contribution in [2.45, 2.75) is 6.42 Å². The maximum Gasteiger partial charge on any atom is 0.337 e. The Bertz CT molecular complexity index is 922. The molecule has 0 aliphatic carbocycles. The molecule has 3 N–H and O–H groups in total. The lowest BCUT2D eigenvalue weighted by molar-refractivity contribution is -0.115. The molecule has 0 saturated carbocycles. The van der Waals surface area contributed by atoms with E-state index in [9.17, 15) is 19.5 Å². The number of benzene rings is 2. The molecule has 134 valence electrons. The Morgan fingerprint density at radius 2 is 1.81 bits per heavy atom. The highest BCUT2D eigenvalue weighted by Gasteiger charge is 2.21. The Hall–Kier alpha value is -3.55. The van der Waals surface area contributed by atoms with Gasteiger partial charge in [0.05, 0.1) is 31.9 Å². The van der Waals surface area contributed by atoms with E-state index in [2.05, 4.69) is 10.6 Å². The molecule has 8 nitrogen and oxygen atoms in total. The molecule has 0 atom stereocenters. The third kappa shape index (κ3) is 3.16. The average molecular weight is 356 g/mol. The summed E-state index contributed by atoms with van der Waals surface area (Å²) in [7, 11) is 2.80.